The van der Waals surface area contributed by atoms with Crippen LogP contribution in [0, 0.1) is 6.92 Å². The number of rotatable bonds is 6. The van der Waals surface area contributed by atoms with Gasteiger partial charge in [0, 0.05) is 37.3 Å². The molecular weight excluding hydrogens is 340 g/mol. The molecule has 0 bridgehead atoms. The van der Waals surface area contributed by atoms with E-state index < -0.39 is 0 Å². The lowest BCUT2D eigenvalue weighted by Crippen LogP contribution is -2.24. The van der Waals surface area contributed by atoms with Crippen molar-refractivity contribution in [2.24, 2.45) is 0 Å². The first-order chi connectivity index (χ1) is 12.9. The fourth-order valence-electron chi connectivity index (χ4n) is 3.00. The average Bonchev–Trinajstić information content (AvgIpc) is 2.94. The lowest BCUT2D eigenvalue weighted by molar-refractivity contribution is -0.117. The standard InChI is InChI=1S/C22H22N2O3/c1-15-3-5-16(6-4-15)7-10-21(26)23-12-11-20(25)17-8-9-19-18(13-17)14-22(27)24(19)2/h3-10,13H,11-12,14H2,1-2H3,(H,23,26)/b10-7+. The number of Topliss-reactive ketones (excluding diaryl/α,β-unsaturated/α-hetero) is 1. The molecule has 27 heavy (non-hydrogen) atoms. The molecule has 0 fully saturated rings. The van der Waals surface area contributed by atoms with Gasteiger partial charge in [-0.3, -0.25) is 14.4 Å². The summed E-state index contributed by atoms with van der Waals surface area (Å²) < 4.78 is 0. The van der Waals surface area contributed by atoms with Crippen molar-refractivity contribution >= 4 is 29.4 Å². The number of likely N-dealkylation sites (N-methyl/N-ethyl adjacent to an activating group) is 1. The van der Waals surface area contributed by atoms with Gasteiger partial charge in [0.05, 0.1) is 6.42 Å². The molecule has 0 aliphatic carbocycles. The van der Waals surface area contributed by atoms with Crippen LogP contribution in [0.25, 0.3) is 6.08 Å². The molecule has 0 atom stereocenters. The summed E-state index contributed by atoms with van der Waals surface area (Å²) in [6.45, 7) is 2.28. The van der Waals surface area contributed by atoms with E-state index in [4.69, 9.17) is 0 Å². The van der Waals surface area contributed by atoms with Gasteiger partial charge < -0.3 is 10.2 Å². The van der Waals surface area contributed by atoms with Gasteiger partial charge >= 0.3 is 0 Å². The highest BCUT2D eigenvalue weighted by atomic mass is 16.2. The van der Waals surface area contributed by atoms with Gasteiger partial charge in [-0.2, -0.15) is 0 Å². The Kier molecular flexibility index (Phi) is 5.50. The summed E-state index contributed by atoms with van der Waals surface area (Å²) in [5, 5.41) is 2.72. The number of benzene rings is 2. The number of carbonyl (C=O) groups is 3. The molecule has 2 amide bonds. The smallest absolute Gasteiger partial charge is 0.244 e. The molecule has 1 N–H and O–H groups in total. The lowest BCUT2D eigenvalue weighted by atomic mass is 10.0. The molecule has 0 radical (unpaired) electrons. The van der Waals surface area contributed by atoms with Gasteiger partial charge in [-0.1, -0.05) is 29.8 Å². The molecule has 0 saturated carbocycles. The van der Waals surface area contributed by atoms with Crippen LogP contribution in [0.2, 0.25) is 0 Å². The van der Waals surface area contributed by atoms with E-state index in [9.17, 15) is 14.4 Å². The first-order valence-corrected chi connectivity index (χ1v) is 8.89. The van der Waals surface area contributed by atoms with E-state index in [1.165, 1.54) is 6.08 Å². The third kappa shape index (κ3) is 4.50. The van der Waals surface area contributed by atoms with Crippen LogP contribution in [0.3, 0.4) is 0 Å². The predicted molar refractivity (Wildman–Crippen MR) is 106 cm³/mol. The van der Waals surface area contributed by atoms with Crippen molar-refractivity contribution < 1.29 is 14.4 Å². The Bertz CT molecular complexity index is 914. The third-order valence-electron chi connectivity index (χ3n) is 4.63. The molecule has 138 valence electrons. The molecule has 0 saturated heterocycles. The lowest BCUT2D eigenvalue weighted by Gasteiger charge is -2.10. The number of hydrogen-bond acceptors (Lipinski definition) is 3. The number of nitrogens with one attached hydrogen (secondary N) is 1. The minimum Gasteiger partial charge on any atom is -0.352 e. The summed E-state index contributed by atoms with van der Waals surface area (Å²) in [4.78, 5) is 37.5. The Labute approximate surface area is 158 Å². The highest BCUT2D eigenvalue weighted by Gasteiger charge is 2.24. The maximum Gasteiger partial charge on any atom is 0.244 e. The number of ketones is 1. The van der Waals surface area contributed by atoms with Gasteiger partial charge in [0.15, 0.2) is 5.78 Å². The van der Waals surface area contributed by atoms with E-state index in [0.717, 1.165) is 22.4 Å². The van der Waals surface area contributed by atoms with Gasteiger partial charge in [0.1, 0.15) is 0 Å². The first-order valence-electron chi connectivity index (χ1n) is 8.89. The number of amides is 2. The van der Waals surface area contributed by atoms with Crippen LogP contribution in [0.1, 0.15) is 33.5 Å². The van der Waals surface area contributed by atoms with Gasteiger partial charge in [-0.15, -0.1) is 0 Å². The van der Waals surface area contributed by atoms with E-state index in [1.54, 1.807) is 36.2 Å². The molecule has 1 heterocycles. The Morgan fingerprint density at radius 1 is 1.15 bits per heavy atom. The first kappa shape index (κ1) is 18.6. The second kappa shape index (κ2) is 7.99. The molecule has 0 unspecified atom stereocenters. The monoisotopic (exact) mass is 362 g/mol. The summed E-state index contributed by atoms with van der Waals surface area (Å²) in [6.07, 6.45) is 3.75. The predicted octanol–water partition coefficient (Wildman–Crippen LogP) is 2.92. The number of hydrogen-bond donors (Lipinski definition) is 1. The Hall–Kier alpha value is -3.21. The zero-order valence-electron chi connectivity index (χ0n) is 15.5. The van der Waals surface area contributed by atoms with Crippen LogP contribution in [0.4, 0.5) is 5.69 Å². The third-order valence-corrected chi connectivity index (χ3v) is 4.63. The highest BCUT2D eigenvalue weighted by molar-refractivity contribution is 6.03. The van der Waals surface area contributed by atoms with E-state index in [1.807, 2.05) is 31.2 Å². The molecule has 1 aliphatic rings. The second-order valence-electron chi connectivity index (χ2n) is 6.68. The summed E-state index contributed by atoms with van der Waals surface area (Å²) in [7, 11) is 1.73. The van der Waals surface area contributed by atoms with Crippen LogP contribution in [-0.2, 0) is 16.0 Å². The van der Waals surface area contributed by atoms with E-state index in [2.05, 4.69) is 5.32 Å². The van der Waals surface area contributed by atoms with Gasteiger partial charge in [0.2, 0.25) is 11.8 Å². The largest absolute Gasteiger partial charge is 0.352 e. The minimum atomic E-state index is -0.232. The summed E-state index contributed by atoms with van der Waals surface area (Å²) in [6, 6.07) is 13.2. The second-order valence-corrected chi connectivity index (χ2v) is 6.68. The van der Waals surface area contributed by atoms with Crippen LogP contribution < -0.4 is 10.2 Å². The molecule has 0 spiro atoms. The molecule has 2 aromatic rings. The van der Waals surface area contributed by atoms with Crippen molar-refractivity contribution in [3.05, 3.63) is 70.8 Å². The molecule has 2 aromatic carbocycles. The van der Waals surface area contributed by atoms with Crippen molar-refractivity contribution in [2.45, 2.75) is 19.8 Å². The maximum absolute atomic E-state index is 12.3. The normalized spacial score (nSPS) is 13.1. The number of nitrogens with zero attached hydrogens (tertiary/aromatic N) is 1. The Morgan fingerprint density at radius 2 is 1.89 bits per heavy atom. The summed E-state index contributed by atoms with van der Waals surface area (Å²) in [5.41, 5.74) is 4.41. The highest BCUT2D eigenvalue weighted by Crippen LogP contribution is 2.28. The maximum atomic E-state index is 12.3. The van der Waals surface area contributed by atoms with E-state index in [0.29, 0.717) is 12.0 Å². The summed E-state index contributed by atoms with van der Waals surface area (Å²) in [5.74, 6) is -0.255. The molecule has 5 nitrogen and oxygen atoms in total. The van der Waals surface area contributed by atoms with Gasteiger partial charge in [-0.25, -0.2) is 0 Å². The molecule has 1 aliphatic heterocycles. The van der Waals surface area contributed by atoms with E-state index in [-0.39, 0.29) is 30.6 Å². The molecular formula is C22H22N2O3. The number of anilines is 1. The average molecular weight is 362 g/mol. The van der Waals surface area contributed by atoms with Gasteiger partial charge in [0.25, 0.3) is 0 Å². The van der Waals surface area contributed by atoms with Crippen molar-refractivity contribution in [2.75, 3.05) is 18.5 Å². The Morgan fingerprint density at radius 3 is 2.63 bits per heavy atom. The van der Waals surface area contributed by atoms with Crippen molar-refractivity contribution in [1.82, 2.24) is 5.32 Å². The van der Waals surface area contributed by atoms with E-state index >= 15 is 0 Å². The number of aryl methyl sites for hydroxylation is 1. The topological polar surface area (TPSA) is 66.5 Å². The van der Waals surface area contributed by atoms with Crippen LogP contribution in [0.5, 0.6) is 0 Å². The fourth-order valence-corrected chi connectivity index (χ4v) is 3.00. The fraction of sp³-hybridized carbons (Fsp3) is 0.227. The van der Waals surface area contributed by atoms with Crippen LogP contribution in [0.15, 0.2) is 48.5 Å². The SMILES string of the molecule is Cc1ccc(/C=C/C(=O)NCCC(=O)c2ccc3c(c2)CC(=O)N3C)cc1. The summed E-state index contributed by atoms with van der Waals surface area (Å²) >= 11 is 0. The quantitative estimate of drug-likeness (QED) is 0.635. The Balaban J connectivity index is 1.50. The zero-order valence-corrected chi connectivity index (χ0v) is 15.5. The number of fused-ring (bicyclic) bond motifs is 1. The minimum absolute atomic E-state index is 0.0298. The van der Waals surface area contributed by atoms with Crippen molar-refractivity contribution in [3.8, 4) is 0 Å². The van der Waals surface area contributed by atoms with Crippen LogP contribution >= 0.6 is 0 Å². The molecule has 3 rings (SSSR count). The number of carbonyl (C=O) groups excluding carboxylic acids is 3. The van der Waals surface area contributed by atoms with Crippen molar-refractivity contribution in [1.29, 1.82) is 0 Å². The zero-order chi connectivity index (χ0) is 19.4. The van der Waals surface area contributed by atoms with Gasteiger partial charge in [-0.05, 0) is 42.3 Å². The molecule has 5 heteroatoms. The van der Waals surface area contributed by atoms with Crippen LogP contribution in [-0.4, -0.2) is 31.2 Å². The van der Waals surface area contributed by atoms with Crippen molar-refractivity contribution in [3.63, 3.8) is 0 Å². The molecule has 0 aromatic heterocycles.